The Morgan fingerprint density at radius 2 is 1.57 bits per heavy atom. The van der Waals surface area contributed by atoms with Gasteiger partial charge in [0.25, 0.3) is 0 Å². The molecule has 6 rings (SSSR count). The van der Waals surface area contributed by atoms with Gasteiger partial charge in [-0.3, -0.25) is 4.79 Å². The number of rotatable bonds is 10. The molecule has 0 radical (unpaired) electrons. The molecule has 3 aliphatic rings. The molecule has 3 aliphatic heterocycles. The molecule has 2 bridgehead atoms. The highest BCUT2D eigenvalue weighted by molar-refractivity contribution is 6.17. The number of nitrogens with one attached hydrogen (secondary N) is 3. The van der Waals surface area contributed by atoms with E-state index in [2.05, 4.69) is 15.6 Å². The number of carbonyl (C=O) groups excluding carboxylic acids is 2. The lowest BCUT2D eigenvalue weighted by molar-refractivity contribution is -0.940. The summed E-state index contributed by atoms with van der Waals surface area (Å²) in [5.41, 5.74) is -1.97. The largest absolute Gasteiger partial charge is 0.416 e. The Morgan fingerprint density at radius 1 is 0.955 bits per heavy atom. The highest BCUT2D eigenvalue weighted by Gasteiger charge is 2.49. The van der Waals surface area contributed by atoms with Gasteiger partial charge in [0.2, 0.25) is 0 Å². The first-order valence-corrected chi connectivity index (χ1v) is 15.1. The van der Waals surface area contributed by atoms with E-state index >= 15 is 0 Å². The van der Waals surface area contributed by atoms with Crippen molar-refractivity contribution in [2.45, 2.75) is 62.5 Å². The molecule has 1 atom stereocenters. The standard InChI is InChI=1S/C31H33ClF6N4O2/c32-10-14-42-11-7-29(8-12-42,9-13-42)41-28(44)40-26(17-21-19-39-25-4-2-1-3-24(21)25)27(43)6-5-20-15-22(30(33,34)35)18-23(16-20)31(36,37)38/h1-4,15-16,18-19,26,39H,5-14,17H2,(H-,40,41,44)/p+1. The number of aryl methyl sites for hydroxylation is 1. The lowest BCUT2D eigenvalue weighted by atomic mass is 9.78. The maximum absolute atomic E-state index is 13.5. The first kappa shape index (κ1) is 32.2. The molecule has 238 valence electrons. The van der Waals surface area contributed by atoms with Crippen LogP contribution in [0.5, 0.6) is 0 Å². The van der Waals surface area contributed by atoms with Crippen LogP contribution >= 0.6 is 11.6 Å². The number of Topliss-reactive ketones (excluding diaryl/α,β-unsaturated/α-hetero) is 1. The summed E-state index contributed by atoms with van der Waals surface area (Å²) in [6.45, 7) is 3.55. The Bertz CT molecular complexity index is 1460. The van der Waals surface area contributed by atoms with E-state index < -0.39 is 46.9 Å². The Morgan fingerprint density at radius 3 is 2.16 bits per heavy atom. The third-order valence-corrected chi connectivity index (χ3v) is 9.40. The van der Waals surface area contributed by atoms with Gasteiger partial charge in [-0.05, 0) is 41.8 Å². The first-order chi connectivity index (χ1) is 20.7. The number of alkyl halides is 7. The van der Waals surface area contributed by atoms with Crippen molar-refractivity contribution >= 4 is 34.3 Å². The van der Waals surface area contributed by atoms with Gasteiger partial charge in [-0.15, -0.1) is 11.6 Å². The van der Waals surface area contributed by atoms with E-state index in [1.54, 1.807) is 6.20 Å². The minimum atomic E-state index is -4.99. The van der Waals surface area contributed by atoms with Crippen molar-refractivity contribution in [1.82, 2.24) is 15.6 Å². The maximum atomic E-state index is 13.5. The molecule has 4 heterocycles. The van der Waals surface area contributed by atoms with Gasteiger partial charge in [0.05, 0.1) is 54.8 Å². The highest BCUT2D eigenvalue weighted by atomic mass is 35.5. The Kier molecular flexibility index (Phi) is 8.97. The lowest BCUT2D eigenvalue weighted by Crippen LogP contribution is -2.70. The molecule has 6 nitrogen and oxygen atoms in total. The number of quaternary nitrogens is 1. The van der Waals surface area contributed by atoms with E-state index in [4.69, 9.17) is 11.6 Å². The van der Waals surface area contributed by atoms with Gasteiger partial charge in [-0.2, -0.15) is 26.3 Å². The van der Waals surface area contributed by atoms with E-state index in [9.17, 15) is 35.9 Å². The predicted octanol–water partition coefficient (Wildman–Crippen LogP) is 6.61. The second kappa shape index (κ2) is 12.3. The number of benzene rings is 2. The third-order valence-electron chi connectivity index (χ3n) is 9.23. The van der Waals surface area contributed by atoms with Crippen molar-refractivity contribution in [1.29, 1.82) is 0 Å². The lowest BCUT2D eigenvalue weighted by Gasteiger charge is -2.54. The number of nitrogens with zero attached hydrogens (tertiary/aromatic N) is 1. The number of urea groups is 1. The number of halogens is 7. The topological polar surface area (TPSA) is 74.0 Å². The van der Waals surface area contributed by atoms with Crippen LogP contribution in [0.25, 0.3) is 10.9 Å². The van der Waals surface area contributed by atoms with Crippen LogP contribution in [0.1, 0.15) is 47.9 Å². The number of piperidine rings is 3. The summed E-state index contributed by atoms with van der Waals surface area (Å²) in [6, 6.07) is 7.13. The molecule has 3 fully saturated rings. The minimum absolute atomic E-state index is 0.0611. The molecular weight excluding hydrogens is 610 g/mol. The van der Waals surface area contributed by atoms with Crippen molar-refractivity contribution in [3.63, 3.8) is 0 Å². The smallest absolute Gasteiger partial charge is 0.361 e. The Hall–Kier alpha value is -3.25. The average molecular weight is 644 g/mol. The zero-order chi connectivity index (χ0) is 31.8. The van der Waals surface area contributed by atoms with Crippen LogP contribution in [0.2, 0.25) is 0 Å². The van der Waals surface area contributed by atoms with Crippen molar-refractivity contribution < 1.29 is 40.4 Å². The van der Waals surface area contributed by atoms with E-state index in [1.165, 1.54) is 0 Å². The van der Waals surface area contributed by atoms with Gasteiger partial charge < -0.3 is 20.1 Å². The number of aromatic nitrogens is 1. The van der Waals surface area contributed by atoms with Gasteiger partial charge >= 0.3 is 18.4 Å². The summed E-state index contributed by atoms with van der Waals surface area (Å²) in [5, 5.41) is 6.73. The van der Waals surface area contributed by atoms with Crippen LogP contribution in [-0.2, 0) is 30.0 Å². The molecule has 0 saturated carbocycles. The first-order valence-electron chi connectivity index (χ1n) is 14.6. The van der Waals surface area contributed by atoms with Gasteiger partial charge in [0.1, 0.15) is 0 Å². The molecule has 3 N–H and O–H groups in total. The summed E-state index contributed by atoms with van der Waals surface area (Å²) in [6.07, 6.45) is -6.56. The number of para-hydroxylation sites is 1. The van der Waals surface area contributed by atoms with Crippen LogP contribution in [0, 0.1) is 0 Å². The van der Waals surface area contributed by atoms with Gasteiger partial charge in [0, 0.05) is 49.2 Å². The predicted molar refractivity (Wildman–Crippen MR) is 154 cm³/mol. The molecule has 2 amide bonds. The molecule has 0 aliphatic carbocycles. The number of ketones is 1. The molecule has 44 heavy (non-hydrogen) atoms. The van der Waals surface area contributed by atoms with Gasteiger partial charge in [0.15, 0.2) is 5.78 Å². The molecular formula is C31H34ClF6N4O2+. The third kappa shape index (κ3) is 7.17. The second-order valence-corrected chi connectivity index (χ2v) is 12.4. The molecule has 2 aromatic carbocycles. The van der Waals surface area contributed by atoms with E-state index in [0.29, 0.717) is 18.0 Å². The molecule has 1 aromatic heterocycles. The minimum Gasteiger partial charge on any atom is -0.361 e. The average Bonchev–Trinajstić information content (AvgIpc) is 3.38. The van der Waals surface area contributed by atoms with Crippen molar-refractivity contribution in [2.24, 2.45) is 0 Å². The number of hydrogen-bond donors (Lipinski definition) is 3. The number of aromatic amines is 1. The summed E-state index contributed by atoms with van der Waals surface area (Å²) >= 11 is 6.01. The monoisotopic (exact) mass is 643 g/mol. The molecule has 1 unspecified atom stereocenters. The summed E-state index contributed by atoms with van der Waals surface area (Å²) < 4.78 is 81.1. The van der Waals surface area contributed by atoms with Crippen molar-refractivity contribution in [2.75, 3.05) is 32.1 Å². The Balaban J connectivity index is 1.33. The fraction of sp³-hybridized carbons (Fsp3) is 0.484. The maximum Gasteiger partial charge on any atom is 0.416 e. The summed E-state index contributed by atoms with van der Waals surface area (Å²) in [5.74, 6) is 0.0651. The zero-order valence-electron chi connectivity index (χ0n) is 23.9. The number of fused-ring (bicyclic) bond motifs is 4. The molecule has 0 spiro atoms. The summed E-state index contributed by atoms with van der Waals surface area (Å²) in [7, 11) is 0. The second-order valence-electron chi connectivity index (χ2n) is 12.1. The van der Waals surface area contributed by atoms with Crippen LogP contribution < -0.4 is 10.6 Å². The van der Waals surface area contributed by atoms with Crippen LogP contribution in [0.4, 0.5) is 31.1 Å². The number of H-pyrrole nitrogens is 1. The fourth-order valence-electron chi connectivity index (χ4n) is 6.57. The number of hydrogen-bond acceptors (Lipinski definition) is 2. The zero-order valence-corrected chi connectivity index (χ0v) is 24.6. The normalized spacial score (nSPS) is 22.6. The van der Waals surface area contributed by atoms with Crippen LogP contribution in [-0.4, -0.2) is 64.9 Å². The summed E-state index contributed by atoms with van der Waals surface area (Å²) in [4.78, 5) is 30.0. The van der Waals surface area contributed by atoms with Crippen molar-refractivity contribution in [3.05, 3.63) is 70.9 Å². The molecule has 13 heteroatoms. The van der Waals surface area contributed by atoms with E-state index in [1.807, 2.05) is 24.3 Å². The fourth-order valence-corrected chi connectivity index (χ4v) is 6.93. The van der Waals surface area contributed by atoms with Crippen LogP contribution in [0.3, 0.4) is 0 Å². The molecule has 3 saturated heterocycles. The highest BCUT2D eigenvalue weighted by Crippen LogP contribution is 2.38. The SMILES string of the molecule is O=C(NC(Cc1c[nH]c2ccccc12)C(=O)CCc1cc(C(F)(F)F)cc(C(F)(F)F)c1)NC12CC[N+](CCCl)(CC1)CC2. The van der Waals surface area contributed by atoms with Crippen molar-refractivity contribution in [3.8, 4) is 0 Å². The number of amides is 2. The molecule has 3 aromatic rings. The number of carbonyl (C=O) groups is 2. The Labute approximate surface area is 255 Å². The van der Waals surface area contributed by atoms with Gasteiger partial charge in [-0.1, -0.05) is 18.2 Å². The van der Waals surface area contributed by atoms with E-state index in [0.717, 1.165) is 66.4 Å². The quantitative estimate of drug-likeness (QED) is 0.132. The van der Waals surface area contributed by atoms with E-state index in [-0.39, 0.29) is 30.9 Å². The van der Waals surface area contributed by atoms with Crippen LogP contribution in [0.15, 0.2) is 48.7 Å². The van der Waals surface area contributed by atoms with Gasteiger partial charge in [-0.25, -0.2) is 4.79 Å².